The number of hydrogen-bond acceptors (Lipinski definition) is 1. The standard InChI is InChI=1S/C19H22O/c1-3-17(15-14-16-10-6-4-7-11-16)19(2,20)18-12-8-5-9-13-18/h3-13,17,20H,1,14-15H2,2H3/t17-,19-/m0/s1. The molecule has 0 aromatic heterocycles. The van der Waals surface area contributed by atoms with Crippen LogP contribution in [0.2, 0.25) is 0 Å². The molecule has 0 spiro atoms. The lowest BCUT2D eigenvalue weighted by molar-refractivity contribution is 0.0105. The molecule has 0 bridgehead atoms. The van der Waals surface area contributed by atoms with E-state index in [0.717, 1.165) is 18.4 Å². The Morgan fingerprint density at radius 1 is 1.05 bits per heavy atom. The molecule has 0 radical (unpaired) electrons. The van der Waals surface area contributed by atoms with Crippen LogP contribution < -0.4 is 0 Å². The smallest absolute Gasteiger partial charge is 0.0930 e. The van der Waals surface area contributed by atoms with Crippen molar-refractivity contribution in [2.24, 2.45) is 5.92 Å². The van der Waals surface area contributed by atoms with Crippen molar-refractivity contribution in [3.63, 3.8) is 0 Å². The molecule has 20 heavy (non-hydrogen) atoms. The van der Waals surface area contributed by atoms with Crippen LogP contribution in [-0.4, -0.2) is 5.11 Å². The van der Waals surface area contributed by atoms with Crippen LogP contribution in [0.3, 0.4) is 0 Å². The highest BCUT2D eigenvalue weighted by molar-refractivity contribution is 5.24. The van der Waals surface area contributed by atoms with E-state index in [1.165, 1.54) is 5.56 Å². The predicted octanol–water partition coefficient (Wildman–Crippen LogP) is 4.33. The van der Waals surface area contributed by atoms with Crippen LogP contribution in [0.1, 0.15) is 24.5 Å². The van der Waals surface area contributed by atoms with Crippen molar-refractivity contribution < 1.29 is 5.11 Å². The molecule has 0 aliphatic rings. The first kappa shape index (κ1) is 14.5. The SMILES string of the molecule is C=C[C@@H](CCc1ccccc1)[C@](C)(O)c1ccccc1. The normalized spacial score (nSPS) is 15.3. The zero-order chi connectivity index (χ0) is 14.4. The fraction of sp³-hybridized carbons (Fsp3) is 0.263. The van der Waals surface area contributed by atoms with E-state index in [1.807, 2.05) is 61.5 Å². The molecule has 0 aliphatic heterocycles. The van der Waals surface area contributed by atoms with Gasteiger partial charge in [-0.1, -0.05) is 66.7 Å². The van der Waals surface area contributed by atoms with Crippen LogP contribution in [-0.2, 0) is 12.0 Å². The van der Waals surface area contributed by atoms with Gasteiger partial charge in [0.2, 0.25) is 0 Å². The van der Waals surface area contributed by atoms with Crippen LogP contribution in [0, 0.1) is 5.92 Å². The molecule has 0 heterocycles. The Bertz CT molecular complexity index is 528. The van der Waals surface area contributed by atoms with E-state index in [4.69, 9.17) is 0 Å². The third-order valence-corrected chi connectivity index (χ3v) is 3.95. The summed E-state index contributed by atoms with van der Waals surface area (Å²) in [7, 11) is 0. The summed E-state index contributed by atoms with van der Waals surface area (Å²) in [6.45, 7) is 5.78. The predicted molar refractivity (Wildman–Crippen MR) is 84.5 cm³/mol. The van der Waals surface area contributed by atoms with E-state index in [1.54, 1.807) is 0 Å². The molecule has 0 fully saturated rings. The van der Waals surface area contributed by atoms with Crippen molar-refractivity contribution in [2.45, 2.75) is 25.4 Å². The molecule has 0 saturated carbocycles. The second kappa shape index (κ2) is 6.53. The van der Waals surface area contributed by atoms with E-state index >= 15 is 0 Å². The van der Waals surface area contributed by atoms with Gasteiger partial charge in [-0.2, -0.15) is 0 Å². The van der Waals surface area contributed by atoms with Crippen molar-refractivity contribution in [1.82, 2.24) is 0 Å². The minimum absolute atomic E-state index is 0.0325. The fourth-order valence-electron chi connectivity index (χ4n) is 2.58. The summed E-state index contributed by atoms with van der Waals surface area (Å²) in [5, 5.41) is 10.9. The van der Waals surface area contributed by atoms with Gasteiger partial charge >= 0.3 is 0 Å². The lowest BCUT2D eigenvalue weighted by atomic mass is 9.80. The monoisotopic (exact) mass is 266 g/mol. The number of rotatable bonds is 6. The van der Waals surface area contributed by atoms with E-state index in [0.29, 0.717) is 0 Å². The van der Waals surface area contributed by atoms with Gasteiger partial charge in [0.25, 0.3) is 0 Å². The molecule has 2 aromatic rings. The molecular formula is C19H22O. The summed E-state index contributed by atoms with van der Waals surface area (Å²) in [6.07, 6.45) is 3.70. The second-order valence-electron chi connectivity index (χ2n) is 5.38. The molecule has 2 aromatic carbocycles. The summed E-state index contributed by atoms with van der Waals surface area (Å²) >= 11 is 0. The van der Waals surface area contributed by atoms with E-state index in [-0.39, 0.29) is 5.92 Å². The minimum atomic E-state index is -0.877. The summed E-state index contributed by atoms with van der Waals surface area (Å²) < 4.78 is 0. The summed E-state index contributed by atoms with van der Waals surface area (Å²) in [4.78, 5) is 0. The highest BCUT2D eigenvalue weighted by Crippen LogP contribution is 2.33. The van der Waals surface area contributed by atoms with E-state index < -0.39 is 5.60 Å². The number of aliphatic hydroxyl groups is 1. The van der Waals surface area contributed by atoms with Gasteiger partial charge in [-0.15, -0.1) is 6.58 Å². The Labute approximate surface area is 121 Å². The number of hydrogen-bond donors (Lipinski definition) is 1. The summed E-state index contributed by atoms with van der Waals surface area (Å²) in [6, 6.07) is 20.2. The molecule has 0 amide bonds. The molecule has 2 atom stereocenters. The molecule has 104 valence electrons. The zero-order valence-electron chi connectivity index (χ0n) is 12.0. The molecule has 1 heteroatoms. The van der Waals surface area contributed by atoms with Crippen LogP contribution in [0.25, 0.3) is 0 Å². The first-order valence-corrected chi connectivity index (χ1v) is 7.09. The Kier molecular flexibility index (Phi) is 4.75. The first-order chi connectivity index (χ1) is 9.64. The first-order valence-electron chi connectivity index (χ1n) is 7.09. The maximum absolute atomic E-state index is 10.9. The second-order valence-corrected chi connectivity index (χ2v) is 5.38. The number of aryl methyl sites for hydroxylation is 1. The van der Waals surface area contributed by atoms with Crippen molar-refractivity contribution in [3.8, 4) is 0 Å². The van der Waals surface area contributed by atoms with Gasteiger partial charge < -0.3 is 5.11 Å². The molecular weight excluding hydrogens is 244 g/mol. The lowest BCUT2D eigenvalue weighted by Crippen LogP contribution is -2.30. The maximum Gasteiger partial charge on any atom is 0.0930 e. The van der Waals surface area contributed by atoms with Crippen LogP contribution in [0.4, 0.5) is 0 Å². The fourth-order valence-corrected chi connectivity index (χ4v) is 2.58. The largest absolute Gasteiger partial charge is 0.385 e. The average Bonchev–Trinajstić information content (AvgIpc) is 2.49. The topological polar surface area (TPSA) is 20.2 Å². The van der Waals surface area contributed by atoms with Gasteiger partial charge in [0.1, 0.15) is 0 Å². The Balaban J connectivity index is 2.10. The van der Waals surface area contributed by atoms with Gasteiger partial charge in [0.15, 0.2) is 0 Å². The summed E-state index contributed by atoms with van der Waals surface area (Å²) in [5.74, 6) is 0.0325. The molecule has 0 aliphatic carbocycles. The molecule has 2 rings (SSSR count). The van der Waals surface area contributed by atoms with Crippen LogP contribution in [0.5, 0.6) is 0 Å². The van der Waals surface area contributed by atoms with Crippen molar-refractivity contribution in [2.75, 3.05) is 0 Å². The quantitative estimate of drug-likeness (QED) is 0.772. The number of benzene rings is 2. The molecule has 0 saturated heterocycles. The average molecular weight is 266 g/mol. The Morgan fingerprint density at radius 3 is 2.15 bits per heavy atom. The lowest BCUT2D eigenvalue weighted by Gasteiger charge is -2.31. The third-order valence-electron chi connectivity index (χ3n) is 3.95. The van der Waals surface area contributed by atoms with E-state index in [9.17, 15) is 5.11 Å². The van der Waals surface area contributed by atoms with Crippen LogP contribution >= 0.6 is 0 Å². The van der Waals surface area contributed by atoms with Gasteiger partial charge in [-0.05, 0) is 30.9 Å². The van der Waals surface area contributed by atoms with Crippen molar-refractivity contribution in [3.05, 3.63) is 84.4 Å². The Hall–Kier alpha value is -1.86. The molecule has 1 N–H and O–H groups in total. The highest BCUT2D eigenvalue weighted by atomic mass is 16.3. The Morgan fingerprint density at radius 2 is 1.60 bits per heavy atom. The van der Waals surface area contributed by atoms with Crippen molar-refractivity contribution >= 4 is 0 Å². The van der Waals surface area contributed by atoms with Gasteiger partial charge in [-0.3, -0.25) is 0 Å². The van der Waals surface area contributed by atoms with Gasteiger partial charge in [0, 0.05) is 5.92 Å². The minimum Gasteiger partial charge on any atom is -0.385 e. The van der Waals surface area contributed by atoms with E-state index in [2.05, 4.69) is 18.7 Å². The van der Waals surface area contributed by atoms with Gasteiger partial charge in [-0.25, -0.2) is 0 Å². The summed E-state index contributed by atoms with van der Waals surface area (Å²) in [5.41, 5.74) is 1.36. The highest BCUT2D eigenvalue weighted by Gasteiger charge is 2.31. The zero-order valence-corrected chi connectivity index (χ0v) is 12.0. The van der Waals surface area contributed by atoms with Crippen LogP contribution in [0.15, 0.2) is 73.3 Å². The third kappa shape index (κ3) is 3.37. The molecule has 0 unspecified atom stereocenters. The molecule has 1 nitrogen and oxygen atoms in total. The van der Waals surface area contributed by atoms with Crippen molar-refractivity contribution in [1.29, 1.82) is 0 Å². The van der Waals surface area contributed by atoms with Gasteiger partial charge in [0.05, 0.1) is 5.60 Å². The maximum atomic E-state index is 10.9.